The van der Waals surface area contributed by atoms with E-state index in [1.807, 2.05) is 31.2 Å². The summed E-state index contributed by atoms with van der Waals surface area (Å²) in [5, 5.41) is 7.11. The number of carbonyl (C=O) groups excluding carboxylic acids is 1. The van der Waals surface area contributed by atoms with Crippen LogP contribution >= 0.6 is 0 Å². The Morgan fingerprint density at radius 1 is 1.07 bits per heavy atom. The molecule has 4 bridgehead atoms. The van der Waals surface area contributed by atoms with Gasteiger partial charge in [-0.2, -0.15) is 0 Å². The van der Waals surface area contributed by atoms with Gasteiger partial charge in [-0.15, -0.1) is 0 Å². The van der Waals surface area contributed by atoms with Gasteiger partial charge in [0.15, 0.2) is 0 Å². The van der Waals surface area contributed by atoms with Crippen LogP contribution in [0.3, 0.4) is 0 Å². The monoisotopic (exact) mass is 393 g/mol. The van der Waals surface area contributed by atoms with Crippen LogP contribution in [0.15, 0.2) is 42.5 Å². The van der Waals surface area contributed by atoms with Crippen molar-refractivity contribution in [3.63, 3.8) is 0 Å². The highest BCUT2D eigenvalue weighted by atomic mass is 19.1. The number of carbonyl (C=O) groups is 1. The minimum atomic E-state index is -0.172. The van der Waals surface area contributed by atoms with Crippen LogP contribution < -0.4 is 10.6 Å². The summed E-state index contributed by atoms with van der Waals surface area (Å²) in [6.45, 7) is 2.44. The van der Waals surface area contributed by atoms with Crippen LogP contribution in [-0.2, 0) is 6.54 Å². The lowest BCUT2D eigenvalue weighted by Crippen LogP contribution is -2.69. The number of hydrogen-bond acceptors (Lipinski definition) is 3. The average molecular weight is 394 g/mol. The number of nitrogens with zero attached hydrogens (tertiary/aromatic N) is 1. The number of hydrogen-bond donors (Lipinski definition) is 2. The zero-order valence-electron chi connectivity index (χ0n) is 16.9. The van der Waals surface area contributed by atoms with E-state index in [4.69, 9.17) is 0 Å². The predicted octanol–water partition coefficient (Wildman–Crippen LogP) is 4.14. The summed E-state index contributed by atoms with van der Waals surface area (Å²) in [4.78, 5) is 17.4. The van der Waals surface area contributed by atoms with Crippen LogP contribution in [0, 0.1) is 24.6 Å². The molecular weight excluding hydrogens is 365 g/mol. The molecule has 5 heteroatoms. The van der Waals surface area contributed by atoms with E-state index in [2.05, 4.69) is 15.6 Å². The van der Waals surface area contributed by atoms with Gasteiger partial charge in [0.2, 0.25) is 0 Å². The first kappa shape index (κ1) is 18.7. The van der Waals surface area contributed by atoms with E-state index >= 15 is 0 Å². The lowest BCUT2D eigenvalue weighted by atomic mass is 9.50. The maximum absolute atomic E-state index is 14.1. The zero-order chi connectivity index (χ0) is 20.1. The lowest BCUT2D eigenvalue weighted by molar-refractivity contribution is -0.0492. The number of pyridine rings is 1. The van der Waals surface area contributed by atoms with Crippen molar-refractivity contribution in [3.05, 3.63) is 65.2 Å². The molecular formula is C24H28FN3O. The third-order valence-electron chi connectivity index (χ3n) is 7.17. The third-order valence-corrected chi connectivity index (χ3v) is 7.17. The Bertz CT molecular complexity index is 929. The molecule has 4 aliphatic rings. The minimum Gasteiger partial charge on any atom is -0.345 e. The second-order valence-corrected chi connectivity index (χ2v) is 9.58. The molecule has 1 amide bonds. The Morgan fingerprint density at radius 2 is 1.79 bits per heavy atom. The van der Waals surface area contributed by atoms with Crippen molar-refractivity contribution in [1.29, 1.82) is 0 Å². The van der Waals surface area contributed by atoms with Crippen LogP contribution in [0.25, 0.3) is 0 Å². The van der Waals surface area contributed by atoms with Crippen molar-refractivity contribution in [2.24, 2.45) is 11.8 Å². The highest BCUT2D eigenvalue weighted by molar-refractivity contribution is 5.92. The van der Waals surface area contributed by atoms with Crippen LogP contribution in [0.4, 0.5) is 4.39 Å². The highest BCUT2D eigenvalue weighted by Gasteiger charge is 2.58. The Hall–Kier alpha value is -2.27. The molecule has 0 radical (unpaired) electrons. The second kappa shape index (κ2) is 6.91. The second-order valence-electron chi connectivity index (χ2n) is 9.58. The van der Waals surface area contributed by atoms with Crippen molar-refractivity contribution in [3.8, 4) is 0 Å². The molecule has 2 atom stereocenters. The van der Waals surface area contributed by atoms with Crippen molar-refractivity contribution in [2.75, 3.05) is 0 Å². The first-order valence-corrected chi connectivity index (χ1v) is 10.7. The normalized spacial score (nSPS) is 32.3. The molecule has 1 aromatic carbocycles. The molecule has 4 saturated carbocycles. The van der Waals surface area contributed by atoms with Crippen molar-refractivity contribution in [2.45, 2.75) is 63.1 Å². The molecule has 2 unspecified atom stereocenters. The quantitative estimate of drug-likeness (QED) is 0.803. The van der Waals surface area contributed by atoms with E-state index in [9.17, 15) is 9.18 Å². The van der Waals surface area contributed by atoms with Gasteiger partial charge in [-0.05, 0) is 75.5 Å². The van der Waals surface area contributed by atoms with Gasteiger partial charge in [0, 0.05) is 28.9 Å². The first-order chi connectivity index (χ1) is 13.9. The average Bonchev–Trinajstić information content (AvgIpc) is 2.66. The van der Waals surface area contributed by atoms with Crippen LogP contribution in [0.2, 0.25) is 0 Å². The van der Waals surface area contributed by atoms with E-state index in [1.165, 1.54) is 12.5 Å². The molecule has 29 heavy (non-hydrogen) atoms. The molecule has 6 rings (SSSR count). The summed E-state index contributed by atoms with van der Waals surface area (Å²) >= 11 is 0. The first-order valence-electron chi connectivity index (χ1n) is 10.7. The molecule has 0 aliphatic heterocycles. The fourth-order valence-electron chi connectivity index (χ4n) is 6.51. The summed E-state index contributed by atoms with van der Waals surface area (Å²) in [6, 6.07) is 12.6. The number of rotatable bonds is 5. The highest BCUT2D eigenvalue weighted by Crippen LogP contribution is 2.57. The molecule has 2 aromatic rings. The molecule has 4 aliphatic carbocycles. The van der Waals surface area contributed by atoms with Gasteiger partial charge in [-0.3, -0.25) is 4.79 Å². The van der Waals surface area contributed by atoms with Gasteiger partial charge >= 0.3 is 0 Å². The van der Waals surface area contributed by atoms with Crippen molar-refractivity contribution >= 4 is 5.91 Å². The van der Waals surface area contributed by atoms with Gasteiger partial charge in [0.05, 0.1) is 0 Å². The Morgan fingerprint density at radius 3 is 2.52 bits per heavy atom. The lowest BCUT2D eigenvalue weighted by Gasteiger charge is -2.62. The molecule has 1 aromatic heterocycles. The number of halogens is 1. The van der Waals surface area contributed by atoms with Crippen LogP contribution in [0.5, 0.6) is 0 Å². The Balaban J connectivity index is 1.35. The van der Waals surface area contributed by atoms with E-state index < -0.39 is 0 Å². The van der Waals surface area contributed by atoms with Gasteiger partial charge < -0.3 is 10.6 Å². The molecule has 0 spiro atoms. The SMILES string of the molecule is Cc1cccc(C(=O)NC23CC4CC(CC(NCc5ccccc5F)(C4)C2)C3)n1. The van der Waals surface area contributed by atoms with Gasteiger partial charge in [-0.1, -0.05) is 24.3 Å². The molecule has 2 N–H and O–H groups in total. The zero-order valence-corrected chi connectivity index (χ0v) is 16.9. The van der Waals surface area contributed by atoms with Crippen molar-refractivity contribution in [1.82, 2.24) is 15.6 Å². The van der Waals surface area contributed by atoms with Crippen LogP contribution in [-0.4, -0.2) is 22.0 Å². The smallest absolute Gasteiger partial charge is 0.270 e. The van der Waals surface area contributed by atoms with Crippen molar-refractivity contribution < 1.29 is 9.18 Å². The Kier molecular flexibility index (Phi) is 4.46. The summed E-state index contributed by atoms with van der Waals surface area (Å²) < 4.78 is 14.1. The van der Waals surface area contributed by atoms with E-state index in [0.29, 0.717) is 29.6 Å². The molecule has 4 nitrogen and oxygen atoms in total. The summed E-state index contributed by atoms with van der Waals surface area (Å²) in [5.41, 5.74) is 1.87. The standard InChI is InChI=1S/C24H28FN3O/c1-16-5-4-8-21(27-16)22(29)28-24-12-17-9-18(13-24)11-23(10-17,15-24)26-14-19-6-2-3-7-20(19)25/h2-8,17-18,26H,9-15H2,1H3,(H,28,29). The van der Waals surface area contributed by atoms with Crippen LogP contribution in [0.1, 0.15) is 60.3 Å². The topological polar surface area (TPSA) is 54.0 Å². The van der Waals surface area contributed by atoms with Gasteiger partial charge in [0.25, 0.3) is 5.91 Å². The number of benzene rings is 1. The molecule has 4 fully saturated rings. The van der Waals surface area contributed by atoms with E-state index in [1.54, 1.807) is 12.1 Å². The minimum absolute atomic E-state index is 0.0142. The third kappa shape index (κ3) is 3.57. The predicted molar refractivity (Wildman–Crippen MR) is 110 cm³/mol. The number of aromatic nitrogens is 1. The molecule has 152 valence electrons. The molecule has 0 saturated heterocycles. The summed E-state index contributed by atoms with van der Waals surface area (Å²) in [7, 11) is 0. The fraction of sp³-hybridized carbons (Fsp3) is 0.500. The molecule has 1 heterocycles. The number of aryl methyl sites for hydroxylation is 1. The van der Waals surface area contributed by atoms with Gasteiger partial charge in [0.1, 0.15) is 11.5 Å². The summed E-state index contributed by atoms with van der Waals surface area (Å²) in [5.74, 6) is 1.02. The van der Waals surface area contributed by atoms with E-state index in [-0.39, 0.29) is 22.8 Å². The Labute approximate surface area is 171 Å². The largest absolute Gasteiger partial charge is 0.345 e. The maximum atomic E-state index is 14.1. The summed E-state index contributed by atoms with van der Waals surface area (Å²) in [6.07, 6.45) is 6.51. The number of nitrogens with one attached hydrogen (secondary N) is 2. The van der Waals surface area contributed by atoms with Gasteiger partial charge in [-0.25, -0.2) is 9.37 Å². The van der Waals surface area contributed by atoms with E-state index in [0.717, 1.165) is 37.8 Å². The number of amides is 1. The maximum Gasteiger partial charge on any atom is 0.270 e. The fourth-order valence-corrected chi connectivity index (χ4v) is 6.51.